The SMILES string of the molecule is CN(C/C=C/c1ccc(N(C)C)cc1)C(=O)c1ccccc1C=O. The third-order valence-corrected chi connectivity index (χ3v) is 3.76. The second-order valence-corrected chi connectivity index (χ2v) is 5.78. The first kappa shape index (κ1) is 17.5. The van der Waals surface area contributed by atoms with Crippen LogP contribution in [0.2, 0.25) is 0 Å². The molecule has 124 valence electrons. The Balaban J connectivity index is 2.00. The Morgan fingerprint density at radius 1 is 1.00 bits per heavy atom. The Labute approximate surface area is 143 Å². The van der Waals surface area contributed by atoms with Crippen molar-refractivity contribution in [3.8, 4) is 0 Å². The molecule has 0 bridgehead atoms. The van der Waals surface area contributed by atoms with Gasteiger partial charge in [0.25, 0.3) is 5.91 Å². The van der Waals surface area contributed by atoms with E-state index >= 15 is 0 Å². The Morgan fingerprint density at radius 2 is 1.67 bits per heavy atom. The lowest BCUT2D eigenvalue weighted by molar-refractivity contribution is 0.0807. The number of carbonyl (C=O) groups is 2. The van der Waals surface area contributed by atoms with Crippen LogP contribution in [0.3, 0.4) is 0 Å². The number of nitrogens with zero attached hydrogens (tertiary/aromatic N) is 2. The number of anilines is 1. The van der Waals surface area contributed by atoms with Gasteiger partial charge in [0.05, 0.1) is 5.56 Å². The molecule has 0 spiro atoms. The first-order chi connectivity index (χ1) is 11.5. The summed E-state index contributed by atoms with van der Waals surface area (Å²) < 4.78 is 0. The van der Waals surface area contributed by atoms with Crippen LogP contribution in [0, 0.1) is 0 Å². The van der Waals surface area contributed by atoms with E-state index in [0.717, 1.165) is 11.3 Å². The molecule has 2 aromatic rings. The molecular weight excluding hydrogens is 300 g/mol. The summed E-state index contributed by atoms with van der Waals surface area (Å²) in [5.41, 5.74) is 3.07. The predicted molar refractivity (Wildman–Crippen MR) is 98.6 cm³/mol. The normalized spacial score (nSPS) is 10.6. The molecule has 0 saturated heterocycles. The molecule has 0 fully saturated rings. The van der Waals surface area contributed by atoms with Gasteiger partial charge >= 0.3 is 0 Å². The Bertz CT molecular complexity index is 734. The van der Waals surface area contributed by atoms with E-state index in [0.29, 0.717) is 24.0 Å². The fourth-order valence-electron chi connectivity index (χ4n) is 2.31. The van der Waals surface area contributed by atoms with Crippen LogP contribution in [0.15, 0.2) is 54.6 Å². The van der Waals surface area contributed by atoms with Crippen molar-refractivity contribution >= 4 is 24.0 Å². The van der Waals surface area contributed by atoms with Crippen molar-refractivity contribution in [2.24, 2.45) is 0 Å². The van der Waals surface area contributed by atoms with E-state index in [1.54, 1.807) is 36.2 Å². The maximum Gasteiger partial charge on any atom is 0.254 e. The van der Waals surface area contributed by atoms with Gasteiger partial charge in [-0.15, -0.1) is 0 Å². The average Bonchev–Trinajstić information content (AvgIpc) is 2.61. The van der Waals surface area contributed by atoms with Crippen LogP contribution in [0.1, 0.15) is 26.3 Å². The van der Waals surface area contributed by atoms with Crippen molar-refractivity contribution in [2.75, 3.05) is 32.6 Å². The summed E-state index contributed by atoms with van der Waals surface area (Å²) in [5, 5.41) is 0. The largest absolute Gasteiger partial charge is 0.378 e. The van der Waals surface area contributed by atoms with Crippen molar-refractivity contribution in [3.05, 3.63) is 71.3 Å². The predicted octanol–water partition coefficient (Wildman–Crippen LogP) is 3.35. The monoisotopic (exact) mass is 322 g/mol. The maximum atomic E-state index is 12.4. The molecule has 0 saturated carbocycles. The highest BCUT2D eigenvalue weighted by Crippen LogP contribution is 2.13. The molecule has 4 nitrogen and oxygen atoms in total. The van der Waals surface area contributed by atoms with Gasteiger partial charge in [-0.3, -0.25) is 9.59 Å². The molecule has 0 aliphatic rings. The zero-order valence-corrected chi connectivity index (χ0v) is 14.3. The zero-order valence-electron chi connectivity index (χ0n) is 14.3. The summed E-state index contributed by atoms with van der Waals surface area (Å²) in [6.07, 6.45) is 4.63. The quantitative estimate of drug-likeness (QED) is 0.766. The second-order valence-electron chi connectivity index (χ2n) is 5.78. The van der Waals surface area contributed by atoms with Crippen LogP contribution in [-0.4, -0.2) is 44.8 Å². The minimum atomic E-state index is -0.162. The lowest BCUT2D eigenvalue weighted by atomic mass is 10.1. The summed E-state index contributed by atoms with van der Waals surface area (Å²) in [6.45, 7) is 0.474. The van der Waals surface area contributed by atoms with E-state index in [9.17, 15) is 9.59 Å². The van der Waals surface area contributed by atoms with Crippen LogP contribution >= 0.6 is 0 Å². The number of aldehydes is 1. The van der Waals surface area contributed by atoms with Gasteiger partial charge in [-0.2, -0.15) is 0 Å². The van der Waals surface area contributed by atoms with Gasteiger partial charge < -0.3 is 9.80 Å². The van der Waals surface area contributed by atoms with Crippen molar-refractivity contribution < 1.29 is 9.59 Å². The van der Waals surface area contributed by atoms with Crippen molar-refractivity contribution in [3.63, 3.8) is 0 Å². The van der Waals surface area contributed by atoms with Crippen LogP contribution in [0.4, 0.5) is 5.69 Å². The molecule has 0 aliphatic heterocycles. The van der Waals surface area contributed by atoms with Crippen LogP contribution in [0.25, 0.3) is 6.08 Å². The van der Waals surface area contributed by atoms with E-state index in [4.69, 9.17) is 0 Å². The number of hydrogen-bond donors (Lipinski definition) is 0. The molecule has 0 radical (unpaired) electrons. The molecule has 24 heavy (non-hydrogen) atoms. The molecule has 2 rings (SSSR count). The molecule has 0 unspecified atom stereocenters. The minimum Gasteiger partial charge on any atom is -0.378 e. The van der Waals surface area contributed by atoms with Crippen LogP contribution in [-0.2, 0) is 0 Å². The molecule has 0 aliphatic carbocycles. The lowest BCUT2D eigenvalue weighted by Gasteiger charge is -2.16. The first-order valence-corrected chi connectivity index (χ1v) is 7.76. The zero-order chi connectivity index (χ0) is 17.5. The van der Waals surface area contributed by atoms with Crippen molar-refractivity contribution in [2.45, 2.75) is 0 Å². The fourth-order valence-corrected chi connectivity index (χ4v) is 2.31. The smallest absolute Gasteiger partial charge is 0.254 e. The van der Waals surface area contributed by atoms with Crippen LogP contribution < -0.4 is 4.90 Å². The van der Waals surface area contributed by atoms with Gasteiger partial charge in [-0.1, -0.05) is 42.5 Å². The van der Waals surface area contributed by atoms with E-state index in [1.165, 1.54) is 0 Å². The summed E-state index contributed by atoms with van der Waals surface area (Å²) in [7, 11) is 5.73. The van der Waals surface area contributed by atoms with Gasteiger partial charge in [-0.05, 0) is 23.8 Å². The number of carbonyl (C=O) groups excluding carboxylic acids is 2. The summed E-state index contributed by atoms with van der Waals surface area (Å²) in [6, 6.07) is 15.0. The van der Waals surface area contributed by atoms with E-state index in [-0.39, 0.29) is 5.91 Å². The van der Waals surface area contributed by atoms with E-state index < -0.39 is 0 Å². The third kappa shape index (κ3) is 4.32. The summed E-state index contributed by atoms with van der Waals surface area (Å²) in [4.78, 5) is 27.1. The standard InChI is InChI=1S/C20H22N2O2/c1-21(2)18-12-10-16(11-13-18)7-6-14-22(3)20(24)19-9-5-4-8-17(19)15-23/h4-13,15H,14H2,1-3H3/b7-6+. The highest BCUT2D eigenvalue weighted by molar-refractivity contribution is 6.01. The van der Waals surface area contributed by atoms with Gasteiger partial charge in [0.1, 0.15) is 0 Å². The van der Waals surface area contributed by atoms with Gasteiger partial charge in [-0.25, -0.2) is 0 Å². The second kappa shape index (κ2) is 8.11. The highest BCUT2D eigenvalue weighted by Gasteiger charge is 2.13. The minimum absolute atomic E-state index is 0.162. The molecule has 0 N–H and O–H groups in total. The molecule has 0 aromatic heterocycles. The highest BCUT2D eigenvalue weighted by atomic mass is 16.2. The van der Waals surface area contributed by atoms with E-state index in [1.807, 2.05) is 43.3 Å². The third-order valence-electron chi connectivity index (χ3n) is 3.76. The Kier molecular flexibility index (Phi) is 5.90. The molecule has 2 aromatic carbocycles. The maximum absolute atomic E-state index is 12.4. The number of amides is 1. The topological polar surface area (TPSA) is 40.6 Å². The Hall–Kier alpha value is -2.88. The summed E-state index contributed by atoms with van der Waals surface area (Å²) >= 11 is 0. The first-order valence-electron chi connectivity index (χ1n) is 7.76. The van der Waals surface area contributed by atoms with E-state index in [2.05, 4.69) is 12.1 Å². The fraction of sp³-hybridized carbons (Fsp3) is 0.200. The molecule has 4 heteroatoms. The molecule has 1 amide bonds. The molecule has 0 atom stereocenters. The van der Waals surface area contributed by atoms with Gasteiger partial charge in [0, 0.05) is 38.9 Å². The van der Waals surface area contributed by atoms with Gasteiger partial charge in [0.2, 0.25) is 0 Å². The molecule has 0 heterocycles. The number of hydrogen-bond acceptors (Lipinski definition) is 3. The average molecular weight is 322 g/mol. The van der Waals surface area contributed by atoms with Crippen molar-refractivity contribution in [1.82, 2.24) is 4.90 Å². The van der Waals surface area contributed by atoms with Crippen LogP contribution in [0.5, 0.6) is 0 Å². The number of benzene rings is 2. The van der Waals surface area contributed by atoms with Crippen molar-refractivity contribution in [1.29, 1.82) is 0 Å². The van der Waals surface area contributed by atoms with Gasteiger partial charge in [0.15, 0.2) is 6.29 Å². The number of likely N-dealkylation sites (N-methyl/N-ethyl adjacent to an activating group) is 1. The number of rotatable bonds is 6. The Morgan fingerprint density at radius 3 is 2.29 bits per heavy atom. The molecular formula is C20H22N2O2. The summed E-state index contributed by atoms with van der Waals surface area (Å²) in [5.74, 6) is -0.162. The lowest BCUT2D eigenvalue weighted by Crippen LogP contribution is -2.27.